The summed E-state index contributed by atoms with van der Waals surface area (Å²) in [6.45, 7) is 0.311. The Morgan fingerprint density at radius 3 is 2.41 bits per heavy atom. The van der Waals surface area contributed by atoms with Crippen LogP contribution in [-0.2, 0) is 14.3 Å². The smallest absolute Gasteiger partial charge is 0.326 e. The Labute approximate surface area is 190 Å². The van der Waals surface area contributed by atoms with Crippen LogP contribution in [0.4, 0.5) is 17.1 Å². The number of carbonyl (C=O) groups is 4. The second kappa shape index (κ2) is 9.32. The van der Waals surface area contributed by atoms with Gasteiger partial charge in [0.05, 0.1) is 28.2 Å². The summed E-state index contributed by atoms with van der Waals surface area (Å²) in [5.41, 5.74) is -1.60. The molecule has 0 radical (unpaired) electrons. The number of benzene rings is 2. The van der Waals surface area contributed by atoms with Crippen LogP contribution in [0.25, 0.3) is 0 Å². The van der Waals surface area contributed by atoms with E-state index in [1.807, 2.05) is 0 Å². The summed E-state index contributed by atoms with van der Waals surface area (Å²) in [4.78, 5) is 70.8. The van der Waals surface area contributed by atoms with Gasteiger partial charge in [-0.25, -0.2) is 0 Å². The molecule has 2 aromatic carbocycles. The normalized spacial score (nSPS) is 13.2. The number of nitro benzene ring substituents is 2. The molecule has 1 N–H and O–H groups in total. The summed E-state index contributed by atoms with van der Waals surface area (Å²) >= 11 is 0. The van der Waals surface area contributed by atoms with Gasteiger partial charge in [0.25, 0.3) is 29.1 Å². The maximum absolute atomic E-state index is 12.5. The molecule has 0 fully saturated rings. The van der Waals surface area contributed by atoms with E-state index in [2.05, 4.69) is 5.32 Å². The topological polar surface area (TPSA) is 188 Å². The largest absolute Gasteiger partial charge is 0.495 e. The first-order valence-electron chi connectivity index (χ1n) is 9.51. The molecule has 1 heterocycles. The second-order valence-corrected chi connectivity index (χ2v) is 6.92. The molecule has 14 heteroatoms. The van der Waals surface area contributed by atoms with Gasteiger partial charge >= 0.3 is 5.97 Å². The number of hydrogen-bond acceptors (Lipinski definition) is 10. The Kier molecular flexibility index (Phi) is 6.51. The van der Waals surface area contributed by atoms with Crippen molar-refractivity contribution in [2.75, 3.05) is 19.0 Å². The van der Waals surface area contributed by atoms with Crippen molar-refractivity contribution >= 4 is 40.8 Å². The van der Waals surface area contributed by atoms with Crippen LogP contribution < -0.4 is 10.1 Å². The molecule has 1 aliphatic heterocycles. The molecular formula is C20H16N4O10. The van der Waals surface area contributed by atoms with Gasteiger partial charge in [0, 0.05) is 18.2 Å². The zero-order valence-corrected chi connectivity index (χ0v) is 17.7. The lowest BCUT2D eigenvalue weighted by molar-refractivity contribution is -0.385. The first kappa shape index (κ1) is 23.8. The average molecular weight is 472 g/mol. The van der Waals surface area contributed by atoms with Crippen molar-refractivity contribution in [3.8, 4) is 5.75 Å². The van der Waals surface area contributed by atoms with E-state index in [1.165, 1.54) is 38.3 Å². The SMILES string of the molecule is COc1ccc([N+](=O)[O-])cc1NC(=O)C(C)OC(=O)CN1C(=O)c2cccc([N+](=O)[O-])c2C1=O. The van der Waals surface area contributed by atoms with Crippen molar-refractivity contribution in [1.82, 2.24) is 4.90 Å². The summed E-state index contributed by atoms with van der Waals surface area (Å²) in [6.07, 6.45) is -1.43. The number of fused-ring (bicyclic) bond motifs is 1. The molecule has 1 atom stereocenters. The molecule has 176 valence electrons. The minimum atomic E-state index is -1.43. The van der Waals surface area contributed by atoms with Gasteiger partial charge in [-0.05, 0) is 19.1 Å². The quantitative estimate of drug-likeness (QED) is 0.256. The summed E-state index contributed by atoms with van der Waals surface area (Å²) < 4.78 is 10.0. The summed E-state index contributed by atoms with van der Waals surface area (Å²) in [5, 5.41) is 24.5. The van der Waals surface area contributed by atoms with Crippen LogP contribution in [0.2, 0.25) is 0 Å². The second-order valence-electron chi connectivity index (χ2n) is 6.92. The highest BCUT2D eigenvalue weighted by Gasteiger charge is 2.42. The molecule has 1 aliphatic rings. The maximum Gasteiger partial charge on any atom is 0.326 e. The van der Waals surface area contributed by atoms with E-state index in [0.717, 1.165) is 12.1 Å². The number of nitro groups is 2. The molecule has 0 bridgehead atoms. The fraction of sp³-hybridized carbons (Fsp3) is 0.200. The van der Waals surface area contributed by atoms with Crippen LogP contribution in [0.1, 0.15) is 27.6 Å². The number of anilines is 1. The molecule has 14 nitrogen and oxygen atoms in total. The van der Waals surface area contributed by atoms with Crippen molar-refractivity contribution in [2.45, 2.75) is 13.0 Å². The van der Waals surface area contributed by atoms with Gasteiger partial charge in [-0.15, -0.1) is 0 Å². The Hall–Kier alpha value is -4.88. The first-order valence-corrected chi connectivity index (χ1v) is 9.51. The van der Waals surface area contributed by atoms with Gasteiger partial charge < -0.3 is 14.8 Å². The number of amides is 3. The summed E-state index contributed by atoms with van der Waals surface area (Å²) in [7, 11) is 1.28. The van der Waals surface area contributed by atoms with E-state index in [9.17, 15) is 39.4 Å². The van der Waals surface area contributed by atoms with E-state index in [0.29, 0.717) is 4.90 Å². The van der Waals surface area contributed by atoms with Crippen LogP contribution in [-0.4, -0.2) is 58.2 Å². The molecule has 3 amide bonds. The van der Waals surface area contributed by atoms with Crippen LogP contribution in [0, 0.1) is 20.2 Å². The lowest BCUT2D eigenvalue weighted by atomic mass is 10.1. The Morgan fingerprint density at radius 1 is 1.09 bits per heavy atom. The standard InChI is InChI=1S/C20H16N4O10/c1-10(18(26)21-13-8-11(23(29)30)6-7-15(13)33-2)34-16(25)9-22-19(27)12-4-3-5-14(24(31)32)17(12)20(22)28/h3-8,10H,9H2,1-2H3,(H,21,26). The number of imide groups is 1. The lowest BCUT2D eigenvalue weighted by Gasteiger charge is -2.17. The van der Waals surface area contributed by atoms with E-state index < -0.39 is 57.4 Å². The minimum Gasteiger partial charge on any atom is -0.495 e. The van der Waals surface area contributed by atoms with E-state index >= 15 is 0 Å². The summed E-state index contributed by atoms with van der Waals surface area (Å²) in [5.74, 6) is -3.84. The van der Waals surface area contributed by atoms with Gasteiger partial charge in [-0.2, -0.15) is 0 Å². The van der Waals surface area contributed by atoms with Crippen molar-refractivity contribution < 1.29 is 38.5 Å². The average Bonchev–Trinajstić information content (AvgIpc) is 3.03. The number of ether oxygens (including phenoxy) is 2. The highest BCUT2D eigenvalue weighted by Crippen LogP contribution is 2.31. The molecule has 0 aromatic heterocycles. The van der Waals surface area contributed by atoms with Crippen molar-refractivity contribution in [2.24, 2.45) is 0 Å². The van der Waals surface area contributed by atoms with Gasteiger partial charge in [0.1, 0.15) is 17.9 Å². The molecular weight excluding hydrogens is 456 g/mol. The fourth-order valence-corrected chi connectivity index (χ4v) is 3.17. The molecule has 0 saturated carbocycles. The number of nitrogens with one attached hydrogen (secondary N) is 1. The molecule has 34 heavy (non-hydrogen) atoms. The molecule has 2 aromatic rings. The van der Waals surface area contributed by atoms with Crippen molar-refractivity contribution in [3.63, 3.8) is 0 Å². The van der Waals surface area contributed by atoms with Gasteiger partial charge in [0.15, 0.2) is 6.10 Å². The Bertz CT molecular complexity index is 1240. The third-order valence-corrected chi connectivity index (χ3v) is 4.79. The zero-order valence-electron chi connectivity index (χ0n) is 17.7. The fourth-order valence-electron chi connectivity index (χ4n) is 3.17. The van der Waals surface area contributed by atoms with Gasteiger partial charge in [-0.3, -0.25) is 44.3 Å². The maximum atomic E-state index is 12.5. The predicted molar refractivity (Wildman–Crippen MR) is 112 cm³/mol. The van der Waals surface area contributed by atoms with E-state index in [4.69, 9.17) is 9.47 Å². The molecule has 0 aliphatic carbocycles. The number of methoxy groups -OCH3 is 1. The monoisotopic (exact) mass is 472 g/mol. The first-order chi connectivity index (χ1) is 16.0. The highest BCUT2D eigenvalue weighted by molar-refractivity contribution is 6.24. The number of hydrogen-bond donors (Lipinski definition) is 1. The predicted octanol–water partition coefficient (Wildman–Crippen LogP) is 1.68. The highest BCUT2D eigenvalue weighted by atomic mass is 16.6. The minimum absolute atomic E-state index is 0.0442. The molecule has 3 rings (SSSR count). The Morgan fingerprint density at radius 2 is 1.79 bits per heavy atom. The van der Waals surface area contributed by atoms with Crippen molar-refractivity contribution in [3.05, 3.63) is 67.8 Å². The third-order valence-electron chi connectivity index (χ3n) is 4.79. The zero-order chi connectivity index (χ0) is 25.2. The molecule has 0 spiro atoms. The number of carbonyl (C=O) groups excluding carboxylic acids is 4. The Balaban J connectivity index is 1.68. The lowest BCUT2D eigenvalue weighted by Crippen LogP contribution is -2.38. The third kappa shape index (κ3) is 4.50. The van der Waals surface area contributed by atoms with Crippen LogP contribution in [0.3, 0.4) is 0 Å². The van der Waals surface area contributed by atoms with Crippen LogP contribution >= 0.6 is 0 Å². The molecule has 0 saturated heterocycles. The number of non-ortho nitro benzene ring substituents is 1. The number of nitrogens with zero attached hydrogens (tertiary/aromatic N) is 3. The van der Waals surface area contributed by atoms with E-state index in [-0.39, 0.29) is 22.7 Å². The van der Waals surface area contributed by atoms with Crippen LogP contribution in [0.5, 0.6) is 5.75 Å². The van der Waals surface area contributed by atoms with Gasteiger partial charge in [-0.1, -0.05) is 6.07 Å². The summed E-state index contributed by atoms with van der Waals surface area (Å²) in [6, 6.07) is 7.00. The molecule has 1 unspecified atom stereocenters. The number of esters is 1. The van der Waals surface area contributed by atoms with E-state index in [1.54, 1.807) is 0 Å². The number of rotatable bonds is 8. The van der Waals surface area contributed by atoms with Gasteiger partial charge in [0.2, 0.25) is 0 Å². The van der Waals surface area contributed by atoms with Crippen molar-refractivity contribution in [1.29, 1.82) is 0 Å². The van der Waals surface area contributed by atoms with Crippen LogP contribution in [0.15, 0.2) is 36.4 Å².